The van der Waals surface area contributed by atoms with Crippen LogP contribution < -0.4 is 18.9 Å². The second-order valence-electron chi connectivity index (χ2n) is 11.2. The number of rotatable bonds is 21. The fourth-order valence-electron chi connectivity index (χ4n) is 4.41. The van der Waals surface area contributed by atoms with Crippen molar-refractivity contribution >= 4 is 29.8 Å². The lowest BCUT2D eigenvalue weighted by Gasteiger charge is -2.11. The van der Waals surface area contributed by atoms with Gasteiger partial charge >= 0.3 is 29.8 Å². The van der Waals surface area contributed by atoms with E-state index in [1.165, 1.54) is 66.7 Å². The molecule has 0 aliphatic heterocycles. The van der Waals surface area contributed by atoms with Crippen LogP contribution in [-0.2, 0) is 23.9 Å². The molecule has 1 N–H and O–H groups in total. The molecule has 12 heteroatoms. The van der Waals surface area contributed by atoms with E-state index in [1.54, 1.807) is 13.0 Å². The summed E-state index contributed by atoms with van der Waals surface area (Å²) in [4.78, 5) is 60.7. The number of hydrogen-bond acceptors (Lipinski definition) is 12. The van der Waals surface area contributed by atoms with Crippen LogP contribution in [0.15, 0.2) is 92.0 Å². The molecule has 0 saturated carbocycles. The molecule has 0 bridgehead atoms. The fraction of sp³-hybridized carbons (Fsp3) is 0.308. The lowest BCUT2D eigenvalue weighted by atomic mass is 10.2. The molecule has 0 radical (unpaired) electrons. The minimum atomic E-state index is -0.991. The largest absolute Gasteiger partial charge is 0.463 e. The first-order chi connectivity index (χ1) is 24.6. The summed E-state index contributed by atoms with van der Waals surface area (Å²) in [7, 11) is 0. The van der Waals surface area contributed by atoms with Gasteiger partial charge in [0.25, 0.3) is 0 Å². The molecule has 0 aliphatic rings. The second kappa shape index (κ2) is 21.5. The van der Waals surface area contributed by atoms with E-state index in [2.05, 4.69) is 13.2 Å². The highest BCUT2D eigenvalue weighted by molar-refractivity contribution is 5.92. The molecule has 0 heterocycles. The van der Waals surface area contributed by atoms with Gasteiger partial charge in [-0.15, -0.1) is 0 Å². The molecule has 1 atom stereocenters. The van der Waals surface area contributed by atoms with Crippen LogP contribution in [0, 0.1) is 6.92 Å². The number of aryl methyl sites for hydroxylation is 1. The van der Waals surface area contributed by atoms with Crippen molar-refractivity contribution < 1.29 is 57.5 Å². The lowest BCUT2D eigenvalue weighted by molar-refractivity contribution is -0.138. The van der Waals surface area contributed by atoms with Gasteiger partial charge in [0.1, 0.15) is 23.0 Å². The van der Waals surface area contributed by atoms with Crippen LogP contribution in [-0.4, -0.2) is 54.5 Å². The Kier molecular flexibility index (Phi) is 16.8. The van der Waals surface area contributed by atoms with Crippen molar-refractivity contribution in [3.63, 3.8) is 0 Å². The Hall–Kier alpha value is -5.59. The first kappa shape index (κ1) is 39.8. The molecule has 270 valence electrons. The van der Waals surface area contributed by atoms with Crippen molar-refractivity contribution in [2.75, 3.05) is 13.2 Å². The maximum atomic E-state index is 12.8. The van der Waals surface area contributed by atoms with Crippen LogP contribution in [0.25, 0.3) is 0 Å². The smallest absolute Gasteiger partial charge is 0.343 e. The first-order valence-electron chi connectivity index (χ1n) is 16.5. The van der Waals surface area contributed by atoms with Gasteiger partial charge in [0.05, 0.1) is 24.3 Å². The van der Waals surface area contributed by atoms with E-state index in [4.69, 9.17) is 28.4 Å². The number of aliphatic hydroxyl groups excluding tert-OH is 1. The normalized spacial score (nSPS) is 11.1. The standard InChI is InChI=1S/C39H42O12/c1-4-34(40)46-24-10-6-8-12-36(42)48-30-18-14-28(15-19-30)38(44)50-32-22-23-33(27(3)26-32)51-39(45)29-16-20-31(21-17-29)49-37(43)13-9-7-11-25-47-35(41)5-2/h4-5,14-23,26,34,40H,1-2,6-13,24-25H2,3H3. The van der Waals surface area contributed by atoms with E-state index in [-0.39, 0.29) is 47.8 Å². The first-order valence-corrected chi connectivity index (χ1v) is 16.5. The maximum absolute atomic E-state index is 12.8. The monoisotopic (exact) mass is 702 g/mol. The SMILES string of the molecule is C=CC(=O)OCCCCCC(=O)Oc1ccc(C(=O)Oc2ccc(OC(=O)c3ccc(OC(=O)CCCCCOC(O)C=C)cc3)cc2C)cc1. The molecule has 0 amide bonds. The van der Waals surface area contributed by atoms with Gasteiger partial charge in [0, 0.05) is 18.9 Å². The molecule has 12 nitrogen and oxygen atoms in total. The van der Waals surface area contributed by atoms with Gasteiger partial charge in [-0.3, -0.25) is 9.59 Å². The quantitative estimate of drug-likeness (QED) is 0.0316. The van der Waals surface area contributed by atoms with Crippen molar-refractivity contribution in [1.29, 1.82) is 0 Å². The van der Waals surface area contributed by atoms with Gasteiger partial charge in [0.15, 0.2) is 6.29 Å². The number of unbranched alkanes of at least 4 members (excludes halogenated alkanes) is 4. The fourth-order valence-corrected chi connectivity index (χ4v) is 4.41. The highest BCUT2D eigenvalue weighted by Crippen LogP contribution is 2.26. The summed E-state index contributed by atoms with van der Waals surface area (Å²) in [6, 6.07) is 16.5. The van der Waals surface area contributed by atoms with Crippen molar-refractivity contribution in [1.82, 2.24) is 0 Å². The van der Waals surface area contributed by atoms with Crippen LogP contribution in [0.5, 0.6) is 23.0 Å². The molecular weight excluding hydrogens is 660 g/mol. The van der Waals surface area contributed by atoms with Gasteiger partial charge < -0.3 is 33.5 Å². The van der Waals surface area contributed by atoms with E-state index < -0.39 is 36.1 Å². The van der Waals surface area contributed by atoms with Crippen molar-refractivity contribution in [3.8, 4) is 23.0 Å². The lowest BCUT2D eigenvalue weighted by Crippen LogP contribution is -2.11. The zero-order valence-electron chi connectivity index (χ0n) is 28.5. The van der Waals surface area contributed by atoms with Crippen molar-refractivity contribution in [2.45, 2.75) is 64.6 Å². The van der Waals surface area contributed by atoms with E-state index >= 15 is 0 Å². The Bertz CT molecular complexity index is 1640. The van der Waals surface area contributed by atoms with Crippen LogP contribution in [0.4, 0.5) is 0 Å². The van der Waals surface area contributed by atoms with Crippen LogP contribution in [0.2, 0.25) is 0 Å². The number of benzene rings is 3. The molecule has 0 aliphatic carbocycles. The predicted octanol–water partition coefficient (Wildman–Crippen LogP) is 6.62. The van der Waals surface area contributed by atoms with Gasteiger partial charge in [-0.2, -0.15) is 0 Å². The van der Waals surface area contributed by atoms with Crippen LogP contribution in [0.1, 0.15) is 77.6 Å². The number of hydrogen-bond donors (Lipinski definition) is 1. The molecule has 1 unspecified atom stereocenters. The zero-order valence-corrected chi connectivity index (χ0v) is 28.5. The number of aliphatic hydroxyl groups is 1. The Balaban J connectivity index is 1.40. The van der Waals surface area contributed by atoms with Crippen LogP contribution >= 0.6 is 0 Å². The van der Waals surface area contributed by atoms with Gasteiger partial charge in [-0.05, 0) is 117 Å². The number of carbonyl (C=O) groups excluding carboxylic acids is 5. The zero-order chi connectivity index (χ0) is 37.0. The molecule has 51 heavy (non-hydrogen) atoms. The topological polar surface area (TPSA) is 161 Å². The minimum Gasteiger partial charge on any atom is -0.463 e. The second-order valence-corrected chi connectivity index (χ2v) is 11.2. The van der Waals surface area contributed by atoms with Gasteiger partial charge in [-0.1, -0.05) is 19.6 Å². The Morgan fingerprint density at radius 3 is 1.67 bits per heavy atom. The molecule has 0 fully saturated rings. The minimum absolute atomic E-state index is 0.191. The number of esters is 5. The highest BCUT2D eigenvalue weighted by atomic mass is 16.6. The molecule has 3 rings (SSSR count). The molecule has 3 aromatic carbocycles. The average Bonchev–Trinajstić information content (AvgIpc) is 3.12. The Morgan fingerprint density at radius 2 is 1.16 bits per heavy atom. The summed E-state index contributed by atoms with van der Waals surface area (Å²) in [6.45, 7) is 9.06. The molecular formula is C39H42O12. The summed E-state index contributed by atoms with van der Waals surface area (Å²) in [5, 5.41) is 9.26. The molecule has 0 spiro atoms. The van der Waals surface area contributed by atoms with Gasteiger partial charge in [0.2, 0.25) is 0 Å². The third-order valence-electron chi connectivity index (χ3n) is 7.15. The van der Waals surface area contributed by atoms with E-state index in [1.807, 2.05) is 0 Å². The Labute approximate surface area is 296 Å². The molecule has 3 aromatic rings. The summed E-state index contributed by atoms with van der Waals surface area (Å²) in [5.41, 5.74) is 1.02. The van der Waals surface area contributed by atoms with Crippen molar-refractivity contribution in [2.24, 2.45) is 0 Å². The highest BCUT2D eigenvalue weighted by Gasteiger charge is 2.15. The summed E-state index contributed by atoms with van der Waals surface area (Å²) < 4.78 is 31.6. The van der Waals surface area contributed by atoms with E-state index in [0.717, 1.165) is 12.5 Å². The summed E-state index contributed by atoms with van der Waals surface area (Å²) in [6.07, 6.45) is 5.69. The van der Waals surface area contributed by atoms with Crippen molar-refractivity contribution in [3.05, 3.63) is 109 Å². The predicted molar refractivity (Wildman–Crippen MR) is 185 cm³/mol. The maximum Gasteiger partial charge on any atom is 0.343 e. The third kappa shape index (κ3) is 14.8. The van der Waals surface area contributed by atoms with Gasteiger partial charge in [-0.25, -0.2) is 14.4 Å². The van der Waals surface area contributed by atoms with Crippen LogP contribution in [0.3, 0.4) is 0 Å². The number of carbonyl (C=O) groups is 5. The van der Waals surface area contributed by atoms with E-state index in [0.29, 0.717) is 50.0 Å². The Morgan fingerprint density at radius 1 is 0.647 bits per heavy atom. The third-order valence-corrected chi connectivity index (χ3v) is 7.15. The molecule has 0 aromatic heterocycles. The molecule has 0 saturated heterocycles. The van der Waals surface area contributed by atoms with E-state index in [9.17, 15) is 29.1 Å². The summed E-state index contributed by atoms with van der Waals surface area (Å²) in [5.74, 6) is -1.49. The average molecular weight is 703 g/mol. The summed E-state index contributed by atoms with van der Waals surface area (Å²) >= 11 is 0. The number of ether oxygens (including phenoxy) is 6.